The summed E-state index contributed by atoms with van der Waals surface area (Å²) < 4.78 is 17.1. The Bertz CT molecular complexity index is 1210. The van der Waals surface area contributed by atoms with Crippen molar-refractivity contribution in [3.63, 3.8) is 0 Å². The van der Waals surface area contributed by atoms with Crippen molar-refractivity contribution < 1.29 is 18.7 Å². The maximum atomic E-state index is 13.7. The van der Waals surface area contributed by atoms with Crippen molar-refractivity contribution in [2.45, 2.75) is 46.1 Å². The van der Waals surface area contributed by atoms with E-state index in [1.165, 1.54) is 0 Å². The lowest BCUT2D eigenvalue weighted by Crippen LogP contribution is -2.31. The first-order chi connectivity index (χ1) is 16.0. The second kappa shape index (κ2) is 9.79. The molecule has 2 heterocycles. The van der Waals surface area contributed by atoms with Crippen LogP contribution < -0.4 is 10.2 Å². The molecule has 1 amide bonds. The fraction of sp³-hybridized carbons (Fsp3) is 0.407. The zero-order valence-electron chi connectivity index (χ0n) is 19.8. The van der Waals surface area contributed by atoms with Crippen LogP contribution in [0.25, 0.3) is 11.0 Å². The number of ether oxygens (including phenoxy) is 2. The van der Waals surface area contributed by atoms with Crippen molar-refractivity contribution in [1.29, 1.82) is 0 Å². The Kier molecular flexibility index (Phi) is 6.84. The van der Waals surface area contributed by atoms with Crippen LogP contribution in [0.4, 0.5) is 0 Å². The number of nitrogens with zero attached hydrogens (tertiary/aromatic N) is 1. The van der Waals surface area contributed by atoms with Gasteiger partial charge in [-0.2, -0.15) is 0 Å². The minimum atomic E-state index is -0.504. The number of rotatable bonds is 9. The van der Waals surface area contributed by atoms with Crippen molar-refractivity contribution in [2.75, 3.05) is 26.9 Å². The molecule has 3 aromatic rings. The van der Waals surface area contributed by atoms with Crippen LogP contribution >= 0.6 is 0 Å². The fourth-order valence-corrected chi connectivity index (χ4v) is 4.51. The third-order valence-electron chi connectivity index (χ3n) is 6.11. The number of aryl methyl sites for hydroxylation is 2. The third-order valence-corrected chi connectivity index (χ3v) is 6.11. The van der Waals surface area contributed by atoms with E-state index in [4.69, 9.17) is 13.9 Å². The normalized spacial score (nSPS) is 15.3. The summed E-state index contributed by atoms with van der Waals surface area (Å²) in [6.45, 7) is 7.63. The predicted octanol–water partition coefficient (Wildman–Crippen LogP) is 5.17. The number of fused-ring (bicyclic) bond motifs is 2. The van der Waals surface area contributed by atoms with Gasteiger partial charge in [0.2, 0.25) is 5.76 Å². The number of unbranched alkanes of at least 4 members (excludes halogenated alkanes) is 1. The van der Waals surface area contributed by atoms with Crippen LogP contribution in [0.2, 0.25) is 0 Å². The van der Waals surface area contributed by atoms with Gasteiger partial charge in [-0.15, -0.1) is 0 Å². The molecule has 0 spiro atoms. The molecule has 1 aliphatic heterocycles. The van der Waals surface area contributed by atoms with E-state index >= 15 is 0 Å². The number of methoxy groups -OCH3 is 1. The van der Waals surface area contributed by atoms with E-state index in [1.807, 2.05) is 50.2 Å². The Balaban J connectivity index is 1.81. The summed E-state index contributed by atoms with van der Waals surface area (Å²) >= 11 is 0. The molecule has 0 radical (unpaired) electrons. The van der Waals surface area contributed by atoms with Gasteiger partial charge in [0.05, 0.1) is 23.6 Å². The van der Waals surface area contributed by atoms with Crippen molar-refractivity contribution >= 4 is 16.9 Å². The number of hydrogen-bond acceptors (Lipinski definition) is 5. The van der Waals surface area contributed by atoms with Crippen LogP contribution in [0.1, 0.15) is 65.0 Å². The summed E-state index contributed by atoms with van der Waals surface area (Å²) in [4.78, 5) is 28.8. The van der Waals surface area contributed by atoms with E-state index in [-0.39, 0.29) is 17.1 Å². The highest BCUT2D eigenvalue weighted by Crippen LogP contribution is 2.39. The van der Waals surface area contributed by atoms with Crippen LogP contribution in [-0.2, 0) is 4.74 Å². The second-order valence-corrected chi connectivity index (χ2v) is 8.65. The largest absolute Gasteiger partial charge is 0.494 e. The van der Waals surface area contributed by atoms with Gasteiger partial charge in [0.25, 0.3) is 5.91 Å². The van der Waals surface area contributed by atoms with E-state index in [2.05, 4.69) is 6.92 Å². The van der Waals surface area contributed by atoms with Crippen LogP contribution in [0.15, 0.2) is 45.6 Å². The van der Waals surface area contributed by atoms with E-state index in [0.717, 1.165) is 35.3 Å². The molecule has 2 aromatic carbocycles. The summed E-state index contributed by atoms with van der Waals surface area (Å²) in [6.07, 6.45) is 2.72. The quantitative estimate of drug-likeness (QED) is 0.422. The smallest absolute Gasteiger partial charge is 0.290 e. The molecule has 6 nitrogen and oxygen atoms in total. The molecule has 0 saturated carbocycles. The maximum absolute atomic E-state index is 13.7. The first-order valence-electron chi connectivity index (χ1n) is 11.6. The predicted molar refractivity (Wildman–Crippen MR) is 128 cm³/mol. The van der Waals surface area contributed by atoms with Gasteiger partial charge in [-0.05, 0) is 61.6 Å². The van der Waals surface area contributed by atoms with Gasteiger partial charge in [0, 0.05) is 20.3 Å². The van der Waals surface area contributed by atoms with Gasteiger partial charge in [0.1, 0.15) is 11.3 Å². The summed E-state index contributed by atoms with van der Waals surface area (Å²) in [7, 11) is 1.64. The van der Waals surface area contributed by atoms with E-state index in [9.17, 15) is 9.59 Å². The van der Waals surface area contributed by atoms with Crippen LogP contribution in [0.3, 0.4) is 0 Å². The molecule has 1 unspecified atom stereocenters. The van der Waals surface area contributed by atoms with Crippen molar-refractivity contribution in [1.82, 2.24) is 4.90 Å². The minimum Gasteiger partial charge on any atom is -0.494 e. The van der Waals surface area contributed by atoms with E-state index < -0.39 is 6.04 Å². The van der Waals surface area contributed by atoms with Crippen molar-refractivity contribution in [2.24, 2.45) is 0 Å². The molecule has 0 aliphatic carbocycles. The fourth-order valence-electron chi connectivity index (χ4n) is 4.51. The highest BCUT2D eigenvalue weighted by atomic mass is 16.5. The lowest BCUT2D eigenvalue weighted by atomic mass is 9.97. The SMILES string of the molecule is CCCCOc1ccc(C2c3c(oc4c(C)cc(C)cc4c3=O)C(=O)N2CCCOC)cc1. The number of hydrogen-bond donors (Lipinski definition) is 0. The molecular formula is C27H31NO5. The Morgan fingerprint density at radius 2 is 1.79 bits per heavy atom. The Morgan fingerprint density at radius 3 is 2.48 bits per heavy atom. The molecular weight excluding hydrogens is 418 g/mol. The van der Waals surface area contributed by atoms with Gasteiger partial charge in [-0.25, -0.2) is 0 Å². The number of carbonyl (C=O) groups excluding carboxylic acids is 1. The summed E-state index contributed by atoms with van der Waals surface area (Å²) in [5.74, 6) is 0.665. The standard InChI is InChI=1S/C27H31NO5/c1-5-6-14-32-20-10-8-19(9-11-20)23-22-24(29)21-16-17(2)15-18(3)25(21)33-26(22)27(30)28(23)12-7-13-31-4/h8-11,15-16,23H,5-7,12-14H2,1-4H3. The molecule has 1 aliphatic rings. The van der Waals surface area contributed by atoms with Gasteiger partial charge >= 0.3 is 0 Å². The maximum Gasteiger partial charge on any atom is 0.290 e. The van der Waals surface area contributed by atoms with Crippen LogP contribution in [-0.4, -0.2) is 37.7 Å². The molecule has 0 bridgehead atoms. The number of benzene rings is 2. The Labute approximate surface area is 194 Å². The molecule has 4 rings (SSSR count). The molecule has 6 heteroatoms. The average molecular weight is 450 g/mol. The van der Waals surface area contributed by atoms with Gasteiger partial charge in [-0.1, -0.05) is 31.5 Å². The third kappa shape index (κ3) is 4.40. The average Bonchev–Trinajstić information content (AvgIpc) is 3.08. The van der Waals surface area contributed by atoms with Crippen LogP contribution in [0, 0.1) is 13.8 Å². The number of carbonyl (C=O) groups is 1. The van der Waals surface area contributed by atoms with Crippen molar-refractivity contribution in [3.8, 4) is 5.75 Å². The van der Waals surface area contributed by atoms with Crippen LogP contribution in [0.5, 0.6) is 5.75 Å². The first kappa shape index (κ1) is 23.1. The number of amides is 1. The monoisotopic (exact) mass is 449 g/mol. The molecule has 0 fully saturated rings. The lowest BCUT2D eigenvalue weighted by Gasteiger charge is -2.25. The lowest BCUT2D eigenvalue weighted by molar-refractivity contribution is 0.0708. The van der Waals surface area contributed by atoms with E-state index in [0.29, 0.717) is 42.7 Å². The zero-order valence-corrected chi connectivity index (χ0v) is 19.8. The minimum absolute atomic E-state index is 0.144. The van der Waals surface area contributed by atoms with E-state index in [1.54, 1.807) is 12.0 Å². The Hall–Kier alpha value is -3.12. The first-order valence-corrected chi connectivity index (χ1v) is 11.6. The highest BCUT2D eigenvalue weighted by Gasteiger charge is 2.42. The van der Waals surface area contributed by atoms with Gasteiger partial charge < -0.3 is 18.8 Å². The summed E-state index contributed by atoms with van der Waals surface area (Å²) in [6, 6.07) is 11.0. The molecule has 0 saturated heterocycles. The molecule has 33 heavy (non-hydrogen) atoms. The molecule has 1 aromatic heterocycles. The Morgan fingerprint density at radius 1 is 1.03 bits per heavy atom. The summed E-state index contributed by atoms with van der Waals surface area (Å²) in [5.41, 5.74) is 3.44. The molecule has 0 N–H and O–H groups in total. The summed E-state index contributed by atoms with van der Waals surface area (Å²) in [5, 5.41) is 0.516. The highest BCUT2D eigenvalue weighted by molar-refractivity contribution is 5.99. The molecule has 1 atom stereocenters. The zero-order chi connectivity index (χ0) is 23.5. The topological polar surface area (TPSA) is 69.0 Å². The van der Waals surface area contributed by atoms with Gasteiger partial charge in [0.15, 0.2) is 5.43 Å². The molecule has 174 valence electrons. The second-order valence-electron chi connectivity index (χ2n) is 8.65. The van der Waals surface area contributed by atoms with Gasteiger partial charge in [-0.3, -0.25) is 9.59 Å². The van der Waals surface area contributed by atoms with Crippen molar-refractivity contribution in [3.05, 3.63) is 74.6 Å².